The SMILES string of the molecule is CC(C)(C)c1cc(-c2ccccc2)c(N2c3ccc(-n4c5c(c6ccc(Cl)cc64)CCCC5)cc3B3c4ccc(-n5c6c(c7ccccc75)CCCC6)cc4N(c4c(-c5ccccc5)cc(C(C)(C)C)cc4-c4ccccc4)c4cc(C(C)(C)C)cc2c43)c(-c2ccccc2)c1. The quantitative estimate of drug-likeness (QED) is 0.141. The van der Waals surface area contributed by atoms with Gasteiger partial charge in [0.25, 0.3) is 6.71 Å². The van der Waals surface area contributed by atoms with Crippen molar-refractivity contribution in [2.45, 2.75) is 130 Å². The molecule has 4 aliphatic rings. The van der Waals surface area contributed by atoms with Gasteiger partial charge in [-0.15, -0.1) is 0 Å². The molecule has 0 atom stereocenters. The normalized spacial score (nSPS) is 14.4. The molecule has 472 valence electrons. The second kappa shape index (κ2) is 22.8. The van der Waals surface area contributed by atoms with E-state index in [-0.39, 0.29) is 23.0 Å². The van der Waals surface area contributed by atoms with E-state index >= 15 is 0 Å². The Labute approximate surface area is 572 Å². The molecule has 2 aromatic heterocycles. The summed E-state index contributed by atoms with van der Waals surface area (Å²) in [4.78, 5) is 5.50. The van der Waals surface area contributed by atoms with Crippen molar-refractivity contribution in [3.63, 3.8) is 0 Å². The summed E-state index contributed by atoms with van der Waals surface area (Å²) < 4.78 is 5.24. The molecule has 0 amide bonds. The molecule has 0 saturated carbocycles. The van der Waals surface area contributed by atoms with Crippen LogP contribution in [-0.2, 0) is 41.9 Å². The second-order valence-corrected chi connectivity index (χ2v) is 31.1. The van der Waals surface area contributed by atoms with Crippen molar-refractivity contribution in [3.8, 4) is 55.9 Å². The van der Waals surface area contributed by atoms with Crippen molar-refractivity contribution < 1.29 is 0 Å². The van der Waals surface area contributed by atoms with E-state index in [4.69, 9.17) is 11.6 Å². The van der Waals surface area contributed by atoms with Crippen LogP contribution in [0.3, 0.4) is 0 Å². The van der Waals surface area contributed by atoms with Crippen LogP contribution in [0, 0.1) is 0 Å². The van der Waals surface area contributed by atoms with Gasteiger partial charge in [-0.1, -0.05) is 226 Å². The molecule has 0 saturated heterocycles. The Bertz CT molecular complexity index is 5130. The zero-order valence-corrected chi connectivity index (χ0v) is 57.7. The summed E-state index contributed by atoms with van der Waals surface area (Å²) in [5.74, 6) is 0. The fourth-order valence-electron chi connectivity index (χ4n) is 16.7. The minimum Gasteiger partial charge on any atom is -0.313 e. The van der Waals surface area contributed by atoms with Crippen molar-refractivity contribution in [2.75, 3.05) is 9.80 Å². The summed E-state index contributed by atoms with van der Waals surface area (Å²) in [6.07, 6.45) is 8.92. The number of anilines is 6. The first-order valence-corrected chi connectivity index (χ1v) is 35.4. The molecule has 11 aromatic carbocycles. The predicted molar refractivity (Wildman–Crippen MR) is 410 cm³/mol. The Kier molecular flexibility index (Phi) is 14.3. The maximum absolute atomic E-state index is 7.13. The Hall–Kier alpha value is -9.55. The number of rotatable bonds is 8. The van der Waals surface area contributed by atoms with Crippen molar-refractivity contribution in [2.24, 2.45) is 0 Å². The third-order valence-electron chi connectivity index (χ3n) is 21.6. The fraction of sp³-hybridized carbons (Fsp3) is 0.222. The molecule has 6 heteroatoms. The number of aromatic nitrogens is 2. The summed E-state index contributed by atoms with van der Waals surface area (Å²) in [7, 11) is 0. The first kappa shape index (κ1) is 60.1. The number of hydrogen-bond donors (Lipinski definition) is 0. The van der Waals surface area contributed by atoms with Crippen molar-refractivity contribution >= 4 is 90.6 Å². The second-order valence-electron chi connectivity index (χ2n) is 30.7. The Balaban J connectivity index is 1.07. The van der Waals surface area contributed by atoms with E-state index in [1.54, 1.807) is 0 Å². The van der Waals surface area contributed by atoms with Crippen molar-refractivity contribution in [3.05, 3.63) is 281 Å². The molecule has 2 aliphatic carbocycles. The first-order valence-electron chi connectivity index (χ1n) is 35.1. The lowest BCUT2D eigenvalue weighted by Crippen LogP contribution is -2.61. The van der Waals surface area contributed by atoms with Crippen LogP contribution in [0.5, 0.6) is 0 Å². The number of aryl methyl sites for hydroxylation is 2. The van der Waals surface area contributed by atoms with E-state index in [9.17, 15) is 0 Å². The Morgan fingerprint density at radius 3 is 1.23 bits per heavy atom. The molecule has 96 heavy (non-hydrogen) atoms. The molecule has 4 heterocycles. The van der Waals surface area contributed by atoms with E-state index in [0.717, 1.165) is 48.5 Å². The molecule has 0 bridgehead atoms. The van der Waals surface area contributed by atoms with E-state index in [0.29, 0.717) is 0 Å². The molecule has 4 nitrogen and oxygen atoms in total. The first-order chi connectivity index (χ1) is 46.5. The summed E-state index contributed by atoms with van der Waals surface area (Å²) in [5, 5.41) is 3.43. The van der Waals surface area contributed by atoms with Crippen molar-refractivity contribution in [1.82, 2.24) is 9.13 Å². The van der Waals surface area contributed by atoms with Gasteiger partial charge < -0.3 is 18.9 Å². The monoisotopic (exact) mass is 1260 g/mol. The number of para-hydroxylation sites is 1. The van der Waals surface area contributed by atoms with Gasteiger partial charge in [-0.2, -0.15) is 0 Å². The van der Waals surface area contributed by atoms with Gasteiger partial charge in [-0.05, 0) is 219 Å². The Morgan fingerprint density at radius 2 is 0.740 bits per heavy atom. The van der Waals surface area contributed by atoms with Gasteiger partial charge >= 0.3 is 0 Å². The molecule has 0 N–H and O–H groups in total. The molecule has 17 rings (SSSR count). The third-order valence-corrected chi connectivity index (χ3v) is 21.8. The molecule has 0 fully saturated rings. The molecular formula is C90H82BClN4. The van der Waals surface area contributed by atoms with Crippen LogP contribution in [0.2, 0.25) is 5.02 Å². The third kappa shape index (κ3) is 9.84. The number of benzene rings is 11. The highest BCUT2D eigenvalue weighted by Crippen LogP contribution is 2.56. The summed E-state index contributed by atoms with van der Waals surface area (Å²) in [6.45, 7) is 21.2. The minimum atomic E-state index is -0.287. The lowest BCUT2D eigenvalue weighted by atomic mass is 9.33. The topological polar surface area (TPSA) is 16.3 Å². The number of hydrogen-bond acceptors (Lipinski definition) is 2. The highest BCUT2D eigenvalue weighted by Gasteiger charge is 2.47. The summed E-state index contributed by atoms with van der Waals surface area (Å²) in [5.41, 5.74) is 34.2. The van der Waals surface area contributed by atoms with Crippen LogP contribution in [0.4, 0.5) is 34.1 Å². The lowest BCUT2D eigenvalue weighted by molar-refractivity contribution is 0.590. The Morgan fingerprint density at radius 1 is 0.333 bits per heavy atom. The van der Waals surface area contributed by atoms with Crippen LogP contribution in [-0.4, -0.2) is 15.8 Å². The van der Waals surface area contributed by atoms with Gasteiger partial charge in [0.2, 0.25) is 0 Å². The highest BCUT2D eigenvalue weighted by molar-refractivity contribution is 7.00. The molecular weight excluding hydrogens is 1180 g/mol. The maximum atomic E-state index is 7.13. The average molecular weight is 1270 g/mol. The average Bonchev–Trinajstić information content (AvgIpc) is 0.817. The van der Waals surface area contributed by atoms with E-state index in [1.165, 1.54) is 175 Å². The van der Waals surface area contributed by atoms with E-state index in [1.807, 2.05) is 0 Å². The van der Waals surface area contributed by atoms with Crippen LogP contribution >= 0.6 is 11.6 Å². The van der Waals surface area contributed by atoms with Gasteiger partial charge in [0.15, 0.2) is 0 Å². The van der Waals surface area contributed by atoms with E-state index in [2.05, 4.69) is 318 Å². The summed E-state index contributed by atoms with van der Waals surface area (Å²) >= 11 is 7.13. The van der Waals surface area contributed by atoms with Crippen LogP contribution in [0.1, 0.15) is 127 Å². The van der Waals surface area contributed by atoms with E-state index < -0.39 is 0 Å². The molecule has 0 radical (unpaired) electrons. The summed E-state index contributed by atoms with van der Waals surface area (Å²) in [6, 6.07) is 91.2. The van der Waals surface area contributed by atoms with Gasteiger partial charge in [0, 0.05) is 83.6 Å². The van der Waals surface area contributed by atoms with Gasteiger partial charge in [0.05, 0.1) is 22.4 Å². The van der Waals surface area contributed by atoms with Crippen LogP contribution in [0.15, 0.2) is 237 Å². The fourth-order valence-corrected chi connectivity index (χ4v) is 16.9. The van der Waals surface area contributed by atoms with Gasteiger partial charge in [-0.25, -0.2) is 0 Å². The molecule has 0 unspecified atom stereocenters. The van der Waals surface area contributed by atoms with Gasteiger partial charge in [0.1, 0.15) is 0 Å². The number of halogens is 1. The molecule has 13 aromatic rings. The zero-order valence-electron chi connectivity index (χ0n) is 56.9. The maximum Gasteiger partial charge on any atom is 0.252 e. The minimum absolute atomic E-state index is 0.164. The highest BCUT2D eigenvalue weighted by atomic mass is 35.5. The number of fused-ring (bicyclic) bond motifs is 10. The van der Waals surface area contributed by atoms with Crippen molar-refractivity contribution in [1.29, 1.82) is 0 Å². The molecule has 2 aliphatic heterocycles. The van der Waals surface area contributed by atoms with Gasteiger partial charge in [-0.3, -0.25) is 0 Å². The van der Waals surface area contributed by atoms with Crippen LogP contribution < -0.4 is 26.2 Å². The number of nitrogens with zero attached hydrogens (tertiary/aromatic N) is 4. The predicted octanol–water partition coefficient (Wildman–Crippen LogP) is 22.6. The largest absolute Gasteiger partial charge is 0.313 e. The zero-order chi connectivity index (χ0) is 65.5. The van der Waals surface area contributed by atoms with Crippen LogP contribution in [0.25, 0.3) is 77.7 Å². The lowest BCUT2D eigenvalue weighted by Gasteiger charge is -2.47. The standard InChI is InChI=1S/C90H82BClN4/c1-88(2,3)61-48-71(57-28-14-10-15-29-57)86(72(49-61)58-30-16-11-17-31-58)95-80-47-44-65(94-79-41-27-24-38-69(79)70-45-42-64(92)54-81(70)94)55-76(80)91-75-46-43-66(93-77-39-25-22-36-67(77)68-37-23-26-40-78(68)93)56-82(75)96(84-53-63(90(7,8)9)52-83(95)85(84)91)87-73(59-32-18-12-19-33-59)50-62(89(4,5)6)51-74(87)60-34-20-13-21-35-60/h10-22,25,28-36,39,42-56H,23-24,26-27,37-38,40-41H2,1-9H3. The molecule has 0 spiro atoms. The smallest absolute Gasteiger partial charge is 0.252 e.